The van der Waals surface area contributed by atoms with E-state index in [4.69, 9.17) is 14.9 Å². The molecule has 2 aliphatic rings. The Kier molecular flexibility index (Phi) is 4.05. The van der Waals surface area contributed by atoms with Gasteiger partial charge in [-0.25, -0.2) is 0 Å². The average molecular weight is 279 g/mol. The fraction of sp³-hybridized carbons (Fsp3) is 0.643. The Morgan fingerprint density at radius 3 is 2.80 bits per heavy atom. The second-order valence-electron chi connectivity index (χ2n) is 5.31. The standard InChI is InChI=1S/C14H21N3O3/c15-9-12-1-2-13(20-12)14(18)17-4-3-11(10-17)16-5-7-19-8-6-16/h1-2,11H,3-10,15H2. The molecule has 0 spiro atoms. The van der Waals surface area contributed by atoms with Crippen molar-refractivity contribution in [3.05, 3.63) is 23.7 Å². The molecule has 0 aromatic carbocycles. The highest BCUT2D eigenvalue weighted by Crippen LogP contribution is 2.20. The van der Waals surface area contributed by atoms with E-state index in [-0.39, 0.29) is 5.91 Å². The van der Waals surface area contributed by atoms with Crippen LogP contribution in [-0.4, -0.2) is 61.1 Å². The van der Waals surface area contributed by atoms with Gasteiger partial charge in [-0.2, -0.15) is 0 Å². The van der Waals surface area contributed by atoms with Crippen molar-refractivity contribution in [2.75, 3.05) is 39.4 Å². The zero-order valence-corrected chi connectivity index (χ0v) is 11.6. The van der Waals surface area contributed by atoms with Crippen LogP contribution in [0.2, 0.25) is 0 Å². The van der Waals surface area contributed by atoms with Crippen LogP contribution in [0.15, 0.2) is 16.5 Å². The summed E-state index contributed by atoms with van der Waals surface area (Å²) >= 11 is 0. The van der Waals surface area contributed by atoms with Crippen molar-refractivity contribution in [2.24, 2.45) is 5.73 Å². The van der Waals surface area contributed by atoms with Crippen LogP contribution >= 0.6 is 0 Å². The van der Waals surface area contributed by atoms with Gasteiger partial charge in [-0.1, -0.05) is 0 Å². The molecule has 2 fully saturated rings. The van der Waals surface area contributed by atoms with E-state index in [2.05, 4.69) is 4.90 Å². The predicted octanol–water partition coefficient (Wildman–Crippen LogP) is 0.285. The van der Waals surface area contributed by atoms with E-state index < -0.39 is 0 Å². The maximum atomic E-state index is 12.4. The Labute approximate surface area is 118 Å². The molecule has 0 saturated carbocycles. The number of morpholine rings is 1. The highest BCUT2D eigenvalue weighted by atomic mass is 16.5. The van der Waals surface area contributed by atoms with Crippen molar-refractivity contribution in [3.63, 3.8) is 0 Å². The number of ether oxygens (including phenoxy) is 1. The van der Waals surface area contributed by atoms with Gasteiger partial charge >= 0.3 is 0 Å². The molecule has 6 nitrogen and oxygen atoms in total. The zero-order chi connectivity index (χ0) is 13.9. The van der Waals surface area contributed by atoms with Gasteiger partial charge in [0.1, 0.15) is 5.76 Å². The summed E-state index contributed by atoms with van der Waals surface area (Å²) in [7, 11) is 0. The van der Waals surface area contributed by atoms with E-state index in [9.17, 15) is 4.79 Å². The van der Waals surface area contributed by atoms with Crippen LogP contribution in [0.3, 0.4) is 0 Å². The summed E-state index contributed by atoms with van der Waals surface area (Å²) in [6.07, 6.45) is 1.02. The number of amides is 1. The van der Waals surface area contributed by atoms with E-state index in [1.807, 2.05) is 4.90 Å². The molecule has 1 unspecified atom stereocenters. The van der Waals surface area contributed by atoms with E-state index in [0.29, 0.717) is 24.1 Å². The molecule has 2 aliphatic heterocycles. The summed E-state index contributed by atoms with van der Waals surface area (Å²) in [4.78, 5) is 16.6. The Morgan fingerprint density at radius 1 is 1.30 bits per heavy atom. The average Bonchev–Trinajstić information content (AvgIpc) is 3.17. The molecular weight excluding hydrogens is 258 g/mol. The highest BCUT2D eigenvalue weighted by molar-refractivity contribution is 5.91. The molecule has 2 saturated heterocycles. The zero-order valence-electron chi connectivity index (χ0n) is 11.6. The molecule has 2 N–H and O–H groups in total. The normalized spacial score (nSPS) is 24.2. The lowest BCUT2D eigenvalue weighted by Crippen LogP contribution is -2.45. The number of hydrogen-bond acceptors (Lipinski definition) is 5. The Hall–Kier alpha value is -1.37. The van der Waals surface area contributed by atoms with Crippen molar-refractivity contribution in [3.8, 4) is 0 Å². The van der Waals surface area contributed by atoms with Gasteiger partial charge < -0.3 is 19.8 Å². The molecule has 1 aromatic rings. The fourth-order valence-electron chi connectivity index (χ4n) is 2.93. The third-order valence-corrected chi connectivity index (χ3v) is 4.09. The molecule has 110 valence electrons. The molecule has 1 aromatic heterocycles. The maximum absolute atomic E-state index is 12.4. The summed E-state index contributed by atoms with van der Waals surface area (Å²) in [6, 6.07) is 3.93. The third kappa shape index (κ3) is 2.72. The number of furan rings is 1. The first-order valence-corrected chi connectivity index (χ1v) is 7.18. The third-order valence-electron chi connectivity index (χ3n) is 4.09. The molecule has 1 amide bonds. The van der Waals surface area contributed by atoms with E-state index >= 15 is 0 Å². The molecule has 6 heteroatoms. The van der Waals surface area contributed by atoms with Crippen molar-refractivity contribution in [1.29, 1.82) is 0 Å². The first kappa shape index (κ1) is 13.6. The van der Waals surface area contributed by atoms with Gasteiger partial charge in [0.25, 0.3) is 5.91 Å². The number of rotatable bonds is 3. The van der Waals surface area contributed by atoms with Gasteiger partial charge in [-0.05, 0) is 18.6 Å². The lowest BCUT2D eigenvalue weighted by Gasteiger charge is -2.31. The van der Waals surface area contributed by atoms with Crippen LogP contribution in [-0.2, 0) is 11.3 Å². The number of nitrogens with zero attached hydrogens (tertiary/aromatic N) is 2. The minimum atomic E-state index is -0.0274. The van der Waals surface area contributed by atoms with Gasteiger partial charge in [0, 0.05) is 32.2 Å². The maximum Gasteiger partial charge on any atom is 0.289 e. The molecule has 3 rings (SSSR count). The number of carbonyl (C=O) groups excluding carboxylic acids is 1. The van der Waals surface area contributed by atoms with Crippen LogP contribution in [0, 0.1) is 0 Å². The second kappa shape index (κ2) is 5.95. The van der Waals surface area contributed by atoms with Gasteiger partial charge in [0.05, 0.1) is 19.8 Å². The van der Waals surface area contributed by atoms with Gasteiger partial charge in [0.2, 0.25) is 0 Å². The predicted molar refractivity (Wildman–Crippen MR) is 73.3 cm³/mol. The molecule has 20 heavy (non-hydrogen) atoms. The van der Waals surface area contributed by atoms with Crippen LogP contribution in [0.4, 0.5) is 0 Å². The van der Waals surface area contributed by atoms with Crippen LogP contribution in [0.5, 0.6) is 0 Å². The quantitative estimate of drug-likeness (QED) is 0.861. The van der Waals surface area contributed by atoms with Gasteiger partial charge in [-0.15, -0.1) is 0 Å². The van der Waals surface area contributed by atoms with Crippen LogP contribution in [0.25, 0.3) is 0 Å². The topological polar surface area (TPSA) is 71.9 Å². The molecule has 0 aliphatic carbocycles. The summed E-state index contributed by atoms with van der Waals surface area (Å²) in [5.74, 6) is 1.02. The fourth-order valence-corrected chi connectivity index (χ4v) is 2.93. The lowest BCUT2D eigenvalue weighted by molar-refractivity contribution is 0.0184. The van der Waals surface area contributed by atoms with Crippen molar-refractivity contribution < 1.29 is 13.9 Å². The van der Waals surface area contributed by atoms with E-state index in [1.54, 1.807) is 12.1 Å². The molecule has 0 bridgehead atoms. The number of likely N-dealkylation sites (tertiary alicyclic amines) is 1. The largest absolute Gasteiger partial charge is 0.455 e. The first-order valence-electron chi connectivity index (χ1n) is 7.18. The first-order chi connectivity index (χ1) is 9.78. The Bertz CT molecular complexity index is 468. The Morgan fingerprint density at radius 2 is 2.10 bits per heavy atom. The minimum absolute atomic E-state index is 0.0274. The summed E-state index contributed by atoms with van der Waals surface area (Å²) in [6.45, 7) is 5.40. The molecular formula is C14H21N3O3. The number of carbonyl (C=O) groups is 1. The van der Waals surface area contributed by atoms with Crippen LogP contribution in [0.1, 0.15) is 22.7 Å². The van der Waals surface area contributed by atoms with Crippen molar-refractivity contribution >= 4 is 5.91 Å². The molecule has 0 radical (unpaired) electrons. The molecule has 1 atom stereocenters. The van der Waals surface area contributed by atoms with E-state index in [1.165, 1.54) is 0 Å². The molecule has 3 heterocycles. The van der Waals surface area contributed by atoms with Crippen molar-refractivity contribution in [1.82, 2.24) is 9.80 Å². The van der Waals surface area contributed by atoms with Crippen molar-refractivity contribution in [2.45, 2.75) is 19.0 Å². The smallest absolute Gasteiger partial charge is 0.289 e. The van der Waals surface area contributed by atoms with Crippen LogP contribution < -0.4 is 5.73 Å². The SMILES string of the molecule is NCc1ccc(C(=O)N2CCC(N3CCOCC3)C2)o1. The lowest BCUT2D eigenvalue weighted by atomic mass is 10.2. The summed E-state index contributed by atoms with van der Waals surface area (Å²) < 4.78 is 10.8. The summed E-state index contributed by atoms with van der Waals surface area (Å²) in [5.41, 5.74) is 5.50. The number of hydrogen-bond donors (Lipinski definition) is 1. The van der Waals surface area contributed by atoms with Gasteiger partial charge in [-0.3, -0.25) is 9.69 Å². The van der Waals surface area contributed by atoms with E-state index in [0.717, 1.165) is 45.8 Å². The monoisotopic (exact) mass is 279 g/mol. The second-order valence-corrected chi connectivity index (χ2v) is 5.31. The Balaban J connectivity index is 1.60. The number of nitrogens with two attached hydrogens (primary N) is 1. The highest BCUT2D eigenvalue weighted by Gasteiger charge is 2.32. The van der Waals surface area contributed by atoms with Gasteiger partial charge in [0.15, 0.2) is 5.76 Å². The summed E-state index contributed by atoms with van der Waals surface area (Å²) in [5, 5.41) is 0. The minimum Gasteiger partial charge on any atom is -0.455 e.